The number of amides is 1. The molecule has 1 aliphatic rings. The maximum Gasteiger partial charge on any atom is 0.407 e. The molecule has 1 fully saturated rings. The summed E-state index contributed by atoms with van der Waals surface area (Å²) in [4.78, 5) is 13.8. The lowest BCUT2D eigenvalue weighted by atomic mass is 10.1. The Hall–Kier alpha value is -2.09. The number of diazo groups is 1. The van der Waals surface area contributed by atoms with Gasteiger partial charge in [-0.3, -0.25) is 0 Å². The summed E-state index contributed by atoms with van der Waals surface area (Å²) in [6.45, 7) is 0.408. The molecule has 0 radical (unpaired) electrons. The van der Waals surface area contributed by atoms with Crippen LogP contribution in [0.15, 0.2) is 24.3 Å². The van der Waals surface area contributed by atoms with E-state index < -0.39 is 0 Å². The minimum absolute atomic E-state index is 0.0365. The Bertz CT molecular complexity index is 408. The van der Waals surface area contributed by atoms with E-state index >= 15 is 0 Å². The highest BCUT2D eigenvalue weighted by atomic mass is 16.6. The zero-order valence-corrected chi connectivity index (χ0v) is 8.01. The standard InChI is InChI=1S/C10H9N3O2/c11-13-8-3-1-7(2-4-8)5-9-6-15-10(14)12-9/h1-4,9H,5-6H2/p+1/t9-/m0/s1. The van der Waals surface area contributed by atoms with Gasteiger partial charge >= 0.3 is 11.8 Å². The molecule has 1 aromatic carbocycles. The van der Waals surface area contributed by atoms with Crippen LogP contribution in [0.1, 0.15) is 5.56 Å². The van der Waals surface area contributed by atoms with E-state index in [0.717, 1.165) is 12.0 Å². The molecule has 15 heavy (non-hydrogen) atoms. The summed E-state index contributed by atoms with van der Waals surface area (Å²) in [5, 5.41) is 11.2. The van der Waals surface area contributed by atoms with Gasteiger partial charge in [-0.1, -0.05) is 12.1 Å². The SMILES string of the molecule is N#[N+]c1ccc(C[C@H]2COC(=O)N2)cc1. The molecule has 0 unspecified atom stereocenters. The van der Waals surface area contributed by atoms with E-state index in [9.17, 15) is 4.79 Å². The van der Waals surface area contributed by atoms with Crippen molar-refractivity contribution < 1.29 is 9.53 Å². The van der Waals surface area contributed by atoms with Crippen LogP contribution in [-0.2, 0) is 11.2 Å². The number of cyclic esters (lactones) is 1. The fraction of sp³-hybridized carbons (Fsp3) is 0.300. The van der Waals surface area contributed by atoms with Crippen molar-refractivity contribution >= 4 is 11.8 Å². The second-order valence-corrected chi connectivity index (χ2v) is 3.41. The molecule has 1 atom stereocenters. The highest BCUT2D eigenvalue weighted by molar-refractivity contribution is 5.69. The molecule has 1 saturated heterocycles. The summed E-state index contributed by atoms with van der Waals surface area (Å²) in [6.07, 6.45) is 0.360. The molecule has 76 valence electrons. The third-order valence-corrected chi connectivity index (χ3v) is 2.27. The van der Waals surface area contributed by atoms with Gasteiger partial charge in [0.15, 0.2) is 4.98 Å². The zero-order valence-electron chi connectivity index (χ0n) is 8.01. The Balaban J connectivity index is 1.99. The van der Waals surface area contributed by atoms with Gasteiger partial charge in [0.1, 0.15) is 6.61 Å². The lowest BCUT2D eigenvalue weighted by molar-refractivity contribution is 0.177. The third kappa shape index (κ3) is 2.23. The van der Waals surface area contributed by atoms with Crippen molar-refractivity contribution in [2.75, 3.05) is 6.61 Å². The van der Waals surface area contributed by atoms with E-state index in [2.05, 4.69) is 10.3 Å². The van der Waals surface area contributed by atoms with Crippen LogP contribution in [0.25, 0.3) is 4.98 Å². The molecule has 0 aromatic heterocycles. The molecule has 0 bridgehead atoms. The van der Waals surface area contributed by atoms with Crippen molar-refractivity contribution in [1.82, 2.24) is 5.32 Å². The van der Waals surface area contributed by atoms with Gasteiger partial charge in [0, 0.05) is 12.1 Å². The van der Waals surface area contributed by atoms with Gasteiger partial charge in [-0.25, -0.2) is 4.79 Å². The molecular weight excluding hydrogens is 194 g/mol. The summed E-state index contributed by atoms with van der Waals surface area (Å²) in [5.74, 6) is 0. The highest BCUT2D eigenvalue weighted by Gasteiger charge is 2.22. The number of hydrogen-bond donors (Lipinski definition) is 1. The molecular formula is C10H10N3O2+. The highest BCUT2D eigenvalue weighted by Crippen LogP contribution is 2.14. The Morgan fingerprint density at radius 3 is 2.73 bits per heavy atom. The number of nitrogens with zero attached hydrogens (tertiary/aromatic N) is 2. The van der Waals surface area contributed by atoms with E-state index in [4.69, 9.17) is 10.1 Å². The summed E-state index contributed by atoms with van der Waals surface area (Å²) in [6, 6.07) is 7.19. The maximum atomic E-state index is 10.8. The maximum absolute atomic E-state index is 10.8. The number of carbonyl (C=O) groups excluding carboxylic acids is 1. The first-order valence-electron chi connectivity index (χ1n) is 4.65. The van der Waals surface area contributed by atoms with Gasteiger partial charge in [0.2, 0.25) is 5.39 Å². The Kier molecular flexibility index (Phi) is 2.50. The number of ether oxygens (including phenoxy) is 1. The van der Waals surface area contributed by atoms with Gasteiger partial charge < -0.3 is 10.1 Å². The Morgan fingerprint density at radius 2 is 2.20 bits per heavy atom. The number of rotatable bonds is 2. The average Bonchev–Trinajstić information content (AvgIpc) is 2.65. The molecule has 1 heterocycles. The molecule has 1 aliphatic heterocycles. The second kappa shape index (κ2) is 3.96. The van der Waals surface area contributed by atoms with Gasteiger partial charge in [-0.15, -0.1) is 0 Å². The first-order chi connectivity index (χ1) is 7.28. The van der Waals surface area contributed by atoms with Crippen molar-refractivity contribution in [3.8, 4) is 0 Å². The molecule has 2 rings (SSSR count). The summed E-state index contributed by atoms with van der Waals surface area (Å²) in [7, 11) is 0. The van der Waals surface area contributed by atoms with E-state index in [-0.39, 0.29) is 12.1 Å². The summed E-state index contributed by atoms with van der Waals surface area (Å²) in [5.41, 5.74) is 1.59. The predicted octanol–water partition coefficient (Wildman–Crippen LogP) is 1.82. The van der Waals surface area contributed by atoms with Gasteiger partial charge in [-0.05, 0) is 12.0 Å². The fourth-order valence-corrected chi connectivity index (χ4v) is 1.52. The first-order valence-corrected chi connectivity index (χ1v) is 4.65. The van der Waals surface area contributed by atoms with E-state index in [1.54, 1.807) is 12.1 Å². The van der Waals surface area contributed by atoms with Crippen molar-refractivity contribution in [2.45, 2.75) is 12.5 Å². The number of nitrogens with one attached hydrogen (secondary N) is 1. The number of hydrogen-bond acceptors (Lipinski definition) is 3. The molecule has 1 N–H and O–H groups in total. The van der Waals surface area contributed by atoms with E-state index in [1.807, 2.05) is 12.1 Å². The predicted molar refractivity (Wildman–Crippen MR) is 53.2 cm³/mol. The number of alkyl carbamates (subject to hydrolysis) is 1. The number of benzene rings is 1. The Morgan fingerprint density at radius 1 is 1.47 bits per heavy atom. The van der Waals surface area contributed by atoms with Gasteiger partial charge in [-0.2, -0.15) is 0 Å². The molecule has 0 saturated carbocycles. The van der Waals surface area contributed by atoms with Crippen LogP contribution in [0, 0.1) is 5.39 Å². The second-order valence-electron chi connectivity index (χ2n) is 3.41. The van der Waals surface area contributed by atoms with Crippen LogP contribution < -0.4 is 5.32 Å². The van der Waals surface area contributed by atoms with Crippen LogP contribution in [0.2, 0.25) is 0 Å². The molecule has 1 amide bonds. The molecule has 5 nitrogen and oxygen atoms in total. The van der Waals surface area contributed by atoms with Crippen molar-refractivity contribution in [3.05, 3.63) is 34.8 Å². The minimum atomic E-state index is -0.359. The van der Waals surface area contributed by atoms with Crippen molar-refractivity contribution in [1.29, 1.82) is 5.39 Å². The van der Waals surface area contributed by atoms with Crippen molar-refractivity contribution in [2.24, 2.45) is 0 Å². The monoisotopic (exact) mass is 204 g/mol. The van der Waals surface area contributed by atoms with Crippen LogP contribution in [0.5, 0.6) is 0 Å². The van der Waals surface area contributed by atoms with Crippen LogP contribution >= 0.6 is 0 Å². The smallest absolute Gasteiger partial charge is 0.407 e. The largest absolute Gasteiger partial charge is 0.447 e. The quantitative estimate of drug-likeness (QED) is 0.747. The normalized spacial score (nSPS) is 19.1. The van der Waals surface area contributed by atoms with E-state index in [0.29, 0.717) is 12.3 Å². The lowest BCUT2D eigenvalue weighted by Gasteiger charge is -2.05. The topological polar surface area (TPSA) is 66.5 Å². The van der Waals surface area contributed by atoms with Gasteiger partial charge in [0.25, 0.3) is 0 Å². The van der Waals surface area contributed by atoms with Crippen LogP contribution in [0.4, 0.5) is 10.5 Å². The van der Waals surface area contributed by atoms with Crippen LogP contribution in [-0.4, -0.2) is 18.7 Å². The van der Waals surface area contributed by atoms with Crippen LogP contribution in [0.3, 0.4) is 0 Å². The molecule has 0 aliphatic carbocycles. The molecule has 0 spiro atoms. The van der Waals surface area contributed by atoms with E-state index in [1.165, 1.54) is 0 Å². The summed E-state index contributed by atoms with van der Waals surface area (Å²) >= 11 is 0. The average molecular weight is 204 g/mol. The molecule has 1 aromatic rings. The van der Waals surface area contributed by atoms with Gasteiger partial charge in [0.05, 0.1) is 6.04 Å². The third-order valence-electron chi connectivity index (χ3n) is 2.27. The Labute approximate surface area is 86.7 Å². The first kappa shape index (κ1) is 9.46. The lowest BCUT2D eigenvalue weighted by Crippen LogP contribution is -2.28. The molecule has 5 heteroatoms. The zero-order chi connectivity index (χ0) is 10.7. The minimum Gasteiger partial charge on any atom is -0.447 e. The summed E-state index contributed by atoms with van der Waals surface area (Å²) < 4.78 is 4.77. The van der Waals surface area contributed by atoms with Crippen molar-refractivity contribution in [3.63, 3.8) is 0 Å². The number of carbonyl (C=O) groups is 1. The fourth-order valence-electron chi connectivity index (χ4n) is 1.52.